The SMILES string of the molecule is CS(=O)(=O)Nc1cccc(NC(=O)c2csc(I)c2)c1. The van der Waals surface area contributed by atoms with Crippen LogP contribution in [0.5, 0.6) is 0 Å². The molecule has 0 unspecified atom stereocenters. The second kappa shape index (κ2) is 6.10. The zero-order valence-electron chi connectivity index (χ0n) is 10.4. The largest absolute Gasteiger partial charge is 0.322 e. The molecule has 0 atom stereocenters. The molecule has 0 fully saturated rings. The standard InChI is InChI=1S/C12H11IN2O3S2/c1-20(17,18)15-10-4-2-3-9(6-10)14-12(16)8-5-11(13)19-7-8/h2-7,15H,1H3,(H,14,16). The first kappa shape index (κ1) is 15.3. The van der Waals surface area contributed by atoms with Crippen molar-refractivity contribution in [3.8, 4) is 0 Å². The van der Waals surface area contributed by atoms with Crippen molar-refractivity contribution in [2.75, 3.05) is 16.3 Å². The van der Waals surface area contributed by atoms with E-state index in [-0.39, 0.29) is 5.91 Å². The maximum atomic E-state index is 12.0. The summed E-state index contributed by atoms with van der Waals surface area (Å²) in [5, 5.41) is 4.50. The molecule has 20 heavy (non-hydrogen) atoms. The van der Waals surface area contributed by atoms with Crippen molar-refractivity contribution in [2.45, 2.75) is 0 Å². The zero-order chi connectivity index (χ0) is 14.8. The summed E-state index contributed by atoms with van der Waals surface area (Å²) in [5.74, 6) is -0.222. The Hall–Kier alpha value is -1.13. The summed E-state index contributed by atoms with van der Waals surface area (Å²) < 4.78 is 25.7. The zero-order valence-corrected chi connectivity index (χ0v) is 14.2. The van der Waals surface area contributed by atoms with Crippen molar-refractivity contribution in [3.05, 3.63) is 44.2 Å². The molecular formula is C12H11IN2O3S2. The molecule has 0 aliphatic heterocycles. The minimum Gasteiger partial charge on any atom is -0.322 e. The molecule has 0 aliphatic rings. The number of rotatable bonds is 4. The predicted octanol–water partition coefficient (Wildman–Crippen LogP) is 2.98. The van der Waals surface area contributed by atoms with Crippen LogP contribution in [-0.2, 0) is 10.0 Å². The van der Waals surface area contributed by atoms with Gasteiger partial charge in [0.05, 0.1) is 20.4 Å². The van der Waals surface area contributed by atoms with E-state index in [0.717, 1.165) is 9.14 Å². The number of amides is 1. The van der Waals surface area contributed by atoms with E-state index in [2.05, 4.69) is 32.6 Å². The van der Waals surface area contributed by atoms with Crippen LogP contribution in [0.3, 0.4) is 0 Å². The highest BCUT2D eigenvalue weighted by Gasteiger charge is 2.09. The summed E-state index contributed by atoms with van der Waals surface area (Å²) >= 11 is 3.64. The Morgan fingerprint density at radius 1 is 1.25 bits per heavy atom. The van der Waals surface area contributed by atoms with Gasteiger partial charge in [0.25, 0.3) is 5.91 Å². The molecule has 1 heterocycles. The molecule has 2 rings (SSSR count). The Bertz CT molecular complexity index is 741. The number of halogens is 1. The van der Waals surface area contributed by atoms with Crippen molar-refractivity contribution in [3.63, 3.8) is 0 Å². The third-order valence-electron chi connectivity index (χ3n) is 2.25. The van der Waals surface area contributed by atoms with Crippen LogP contribution in [0, 0.1) is 2.88 Å². The Morgan fingerprint density at radius 3 is 2.55 bits per heavy atom. The fourth-order valence-corrected chi connectivity index (χ4v) is 3.39. The van der Waals surface area contributed by atoms with E-state index in [1.54, 1.807) is 35.7 Å². The Kier molecular flexibility index (Phi) is 4.66. The first-order chi connectivity index (χ1) is 9.33. The fourth-order valence-electron chi connectivity index (χ4n) is 1.51. The van der Waals surface area contributed by atoms with Gasteiger partial charge in [-0.1, -0.05) is 6.07 Å². The van der Waals surface area contributed by atoms with Crippen molar-refractivity contribution in [1.82, 2.24) is 0 Å². The maximum Gasteiger partial charge on any atom is 0.256 e. The van der Waals surface area contributed by atoms with E-state index in [0.29, 0.717) is 16.9 Å². The number of carbonyl (C=O) groups excluding carboxylic acids is 1. The maximum absolute atomic E-state index is 12.0. The highest BCUT2D eigenvalue weighted by Crippen LogP contribution is 2.20. The van der Waals surface area contributed by atoms with Gasteiger partial charge in [-0.25, -0.2) is 8.42 Å². The van der Waals surface area contributed by atoms with E-state index in [4.69, 9.17) is 0 Å². The Balaban J connectivity index is 2.14. The number of sulfonamides is 1. The Labute approximate surface area is 134 Å². The third kappa shape index (κ3) is 4.46. The van der Waals surface area contributed by atoms with Gasteiger partial charge in [-0.3, -0.25) is 9.52 Å². The first-order valence-corrected chi connectivity index (χ1v) is 9.32. The molecule has 0 saturated heterocycles. The van der Waals surface area contributed by atoms with Gasteiger partial charge in [0, 0.05) is 11.1 Å². The number of benzene rings is 1. The lowest BCUT2D eigenvalue weighted by atomic mass is 10.2. The van der Waals surface area contributed by atoms with Gasteiger partial charge in [-0.2, -0.15) is 0 Å². The molecule has 0 aliphatic carbocycles. The van der Waals surface area contributed by atoms with Crippen LogP contribution in [0.25, 0.3) is 0 Å². The molecule has 1 aromatic heterocycles. The van der Waals surface area contributed by atoms with Gasteiger partial charge in [0.1, 0.15) is 0 Å². The summed E-state index contributed by atoms with van der Waals surface area (Å²) in [5.41, 5.74) is 1.52. The van der Waals surface area contributed by atoms with Gasteiger partial charge < -0.3 is 5.32 Å². The van der Waals surface area contributed by atoms with Crippen LogP contribution in [0.1, 0.15) is 10.4 Å². The van der Waals surface area contributed by atoms with E-state index >= 15 is 0 Å². The van der Waals surface area contributed by atoms with Gasteiger partial charge in [-0.15, -0.1) is 11.3 Å². The molecular weight excluding hydrogens is 411 g/mol. The number of hydrogen-bond acceptors (Lipinski definition) is 4. The van der Waals surface area contributed by atoms with E-state index in [1.807, 2.05) is 0 Å². The quantitative estimate of drug-likeness (QED) is 0.745. The molecule has 0 spiro atoms. The van der Waals surface area contributed by atoms with Crippen LogP contribution < -0.4 is 10.0 Å². The molecule has 0 bridgehead atoms. The Morgan fingerprint density at radius 2 is 1.95 bits per heavy atom. The fraction of sp³-hybridized carbons (Fsp3) is 0.0833. The monoisotopic (exact) mass is 422 g/mol. The highest BCUT2D eigenvalue weighted by atomic mass is 127. The van der Waals surface area contributed by atoms with Gasteiger partial charge >= 0.3 is 0 Å². The average Bonchev–Trinajstić information content (AvgIpc) is 2.74. The summed E-state index contributed by atoms with van der Waals surface area (Å²) in [6.07, 6.45) is 1.07. The molecule has 1 aromatic carbocycles. The summed E-state index contributed by atoms with van der Waals surface area (Å²) in [4.78, 5) is 12.0. The second-order valence-corrected chi connectivity index (χ2v) is 8.60. The highest BCUT2D eigenvalue weighted by molar-refractivity contribution is 14.1. The molecule has 0 saturated carbocycles. The summed E-state index contributed by atoms with van der Waals surface area (Å²) in [7, 11) is -3.33. The minimum absolute atomic E-state index is 0.222. The van der Waals surface area contributed by atoms with Crippen LogP contribution >= 0.6 is 33.9 Å². The molecule has 2 N–H and O–H groups in total. The van der Waals surface area contributed by atoms with E-state index in [9.17, 15) is 13.2 Å². The van der Waals surface area contributed by atoms with Crippen molar-refractivity contribution < 1.29 is 13.2 Å². The predicted molar refractivity (Wildman–Crippen MR) is 89.9 cm³/mol. The lowest BCUT2D eigenvalue weighted by Crippen LogP contribution is -2.12. The number of thiophene rings is 1. The van der Waals surface area contributed by atoms with Crippen LogP contribution in [0.15, 0.2) is 35.7 Å². The average molecular weight is 422 g/mol. The minimum atomic E-state index is -3.33. The first-order valence-electron chi connectivity index (χ1n) is 5.47. The smallest absolute Gasteiger partial charge is 0.256 e. The number of hydrogen-bond donors (Lipinski definition) is 2. The molecule has 8 heteroatoms. The molecule has 0 radical (unpaired) electrons. The lowest BCUT2D eigenvalue weighted by molar-refractivity contribution is 0.102. The summed E-state index contributed by atoms with van der Waals surface area (Å²) in [6, 6.07) is 8.34. The lowest BCUT2D eigenvalue weighted by Gasteiger charge is -2.07. The molecule has 5 nitrogen and oxygen atoms in total. The molecule has 1 amide bonds. The number of nitrogens with one attached hydrogen (secondary N) is 2. The topological polar surface area (TPSA) is 75.3 Å². The number of carbonyl (C=O) groups is 1. The third-order valence-corrected chi connectivity index (χ3v) is 4.65. The normalized spacial score (nSPS) is 11.1. The van der Waals surface area contributed by atoms with Crippen LogP contribution in [0.4, 0.5) is 11.4 Å². The van der Waals surface area contributed by atoms with Crippen molar-refractivity contribution in [2.24, 2.45) is 0 Å². The van der Waals surface area contributed by atoms with Crippen LogP contribution in [0.2, 0.25) is 0 Å². The molecule has 2 aromatic rings. The van der Waals surface area contributed by atoms with Gasteiger partial charge in [0.2, 0.25) is 10.0 Å². The second-order valence-electron chi connectivity index (χ2n) is 4.05. The van der Waals surface area contributed by atoms with E-state index in [1.165, 1.54) is 11.3 Å². The van der Waals surface area contributed by atoms with Crippen molar-refractivity contribution >= 4 is 61.2 Å². The van der Waals surface area contributed by atoms with Crippen LogP contribution in [-0.4, -0.2) is 20.6 Å². The van der Waals surface area contributed by atoms with Gasteiger partial charge in [0.15, 0.2) is 0 Å². The summed E-state index contributed by atoms with van der Waals surface area (Å²) in [6.45, 7) is 0. The van der Waals surface area contributed by atoms with Gasteiger partial charge in [-0.05, 0) is 46.9 Å². The van der Waals surface area contributed by atoms with Crippen molar-refractivity contribution in [1.29, 1.82) is 0 Å². The number of anilines is 2. The molecule has 106 valence electrons. The van der Waals surface area contributed by atoms with E-state index < -0.39 is 10.0 Å².